The molecule has 0 saturated carbocycles. The van der Waals surface area contributed by atoms with Crippen molar-refractivity contribution in [3.63, 3.8) is 0 Å². The number of carbonyl (C=O) groups excluding carboxylic acids is 1. The highest BCUT2D eigenvalue weighted by molar-refractivity contribution is 5.94. The zero-order chi connectivity index (χ0) is 19.9. The van der Waals surface area contributed by atoms with Crippen molar-refractivity contribution < 1.29 is 9.18 Å². The fourth-order valence-corrected chi connectivity index (χ4v) is 3.92. The molecule has 0 aliphatic carbocycles. The van der Waals surface area contributed by atoms with Crippen LogP contribution in [-0.2, 0) is 6.42 Å². The van der Waals surface area contributed by atoms with Crippen molar-refractivity contribution in [3.8, 4) is 0 Å². The maximum atomic E-state index is 13.4. The fourth-order valence-electron chi connectivity index (χ4n) is 3.92. The molecule has 6 heteroatoms. The molecule has 0 bridgehead atoms. The molecular formula is C22H29FN4O. The molecule has 1 fully saturated rings. The standard InChI is InChI=1S/C22H29FN4O/c1-3-27(22(28)21-13-24-16-25-17(21)2)15-19-7-5-10-26(14-19)11-9-18-6-4-8-20(23)12-18/h4,6,8,12-13,16,19H,3,5,7,9-11,14-15H2,1-2H3. The minimum absolute atomic E-state index is 0.0116. The van der Waals surface area contributed by atoms with Crippen LogP contribution in [0.1, 0.15) is 41.4 Å². The van der Waals surface area contributed by atoms with E-state index in [1.807, 2.05) is 24.8 Å². The van der Waals surface area contributed by atoms with Crippen LogP contribution in [0.4, 0.5) is 4.39 Å². The number of aryl methyl sites for hydroxylation is 1. The van der Waals surface area contributed by atoms with Crippen LogP contribution in [0.5, 0.6) is 0 Å². The quantitative estimate of drug-likeness (QED) is 0.735. The second-order valence-corrected chi connectivity index (χ2v) is 7.55. The minimum Gasteiger partial charge on any atom is -0.338 e. The lowest BCUT2D eigenvalue weighted by molar-refractivity contribution is 0.0689. The Morgan fingerprint density at radius 2 is 2.25 bits per heavy atom. The Labute approximate surface area is 166 Å². The second-order valence-electron chi connectivity index (χ2n) is 7.55. The van der Waals surface area contributed by atoms with E-state index in [2.05, 4.69) is 14.9 Å². The number of likely N-dealkylation sites (tertiary alicyclic amines) is 1. The molecule has 1 amide bonds. The zero-order valence-corrected chi connectivity index (χ0v) is 16.8. The van der Waals surface area contributed by atoms with Gasteiger partial charge in [0.05, 0.1) is 11.3 Å². The maximum absolute atomic E-state index is 13.4. The van der Waals surface area contributed by atoms with Gasteiger partial charge >= 0.3 is 0 Å². The number of aromatic nitrogens is 2. The van der Waals surface area contributed by atoms with Crippen molar-refractivity contribution in [2.75, 3.05) is 32.7 Å². The van der Waals surface area contributed by atoms with E-state index < -0.39 is 0 Å². The van der Waals surface area contributed by atoms with Gasteiger partial charge in [0.15, 0.2) is 0 Å². The van der Waals surface area contributed by atoms with Crippen LogP contribution in [0.3, 0.4) is 0 Å². The Hall–Kier alpha value is -2.34. The first-order valence-corrected chi connectivity index (χ1v) is 10.1. The van der Waals surface area contributed by atoms with Crippen LogP contribution < -0.4 is 0 Å². The Morgan fingerprint density at radius 3 is 3.00 bits per heavy atom. The number of benzene rings is 1. The summed E-state index contributed by atoms with van der Waals surface area (Å²) in [6.07, 6.45) is 6.19. The Bertz CT molecular complexity index is 798. The topological polar surface area (TPSA) is 49.3 Å². The van der Waals surface area contributed by atoms with Crippen LogP contribution in [-0.4, -0.2) is 58.4 Å². The summed E-state index contributed by atoms with van der Waals surface area (Å²) in [6.45, 7) is 8.25. The molecular weight excluding hydrogens is 355 g/mol. The predicted molar refractivity (Wildman–Crippen MR) is 108 cm³/mol. The summed E-state index contributed by atoms with van der Waals surface area (Å²) in [4.78, 5) is 25.4. The van der Waals surface area contributed by atoms with Gasteiger partial charge in [-0.2, -0.15) is 0 Å². The summed E-state index contributed by atoms with van der Waals surface area (Å²) in [5, 5.41) is 0. The van der Waals surface area contributed by atoms with Crippen LogP contribution in [0.15, 0.2) is 36.8 Å². The van der Waals surface area contributed by atoms with Gasteiger partial charge in [-0.15, -0.1) is 0 Å². The lowest BCUT2D eigenvalue weighted by Gasteiger charge is -2.35. The normalized spacial score (nSPS) is 17.5. The summed E-state index contributed by atoms with van der Waals surface area (Å²) in [5.74, 6) is 0.291. The summed E-state index contributed by atoms with van der Waals surface area (Å²) >= 11 is 0. The molecule has 5 nitrogen and oxygen atoms in total. The van der Waals surface area contributed by atoms with Gasteiger partial charge in [0, 0.05) is 32.4 Å². The second kappa shape index (κ2) is 9.73. The van der Waals surface area contributed by atoms with Crippen molar-refractivity contribution in [3.05, 3.63) is 59.4 Å². The van der Waals surface area contributed by atoms with E-state index in [-0.39, 0.29) is 11.7 Å². The molecule has 0 spiro atoms. The molecule has 0 N–H and O–H groups in total. The van der Waals surface area contributed by atoms with Crippen LogP contribution in [0.2, 0.25) is 0 Å². The fraction of sp³-hybridized carbons (Fsp3) is 0.500. The van der Waals surface area contributed by atoms with Crippen molar-refractivity contribution in [1.29, 1.82) is 0 Å². The summed E-state index contributed by atoms with van der Waals surface area (Å²) in [5.41, 5.74) is 2.34. The number of carbonyl (C=O) groups is 1. The SMILES string of the molecule is CCN(CC1CCCN(CCc2cccc(F)c2)C1)C(=O)c1cncnc1C. The number of piperidine rings is 1. The lowest BCUT2D eigenvalue weighted by atomic mass is 9.96. The van der Waals surface area contributed by atoms with Crippen LogP contribution >= 0.6 is 0 Å². The van der Waals surface area contributed by atoms with Gasteiger partial charge in [-0.3, -0.25) is 4.79 Å². The van der Waals surface area contributed by atoms with E-state index >= 15 is 0 Å². The number of halogens is 1. The largest absolute Gasteiger partial charge is 0.338 e. The van der Waals surface area contributed by atoms with Crippen molar-refractivity contribution in [1.82, 2.24) is 19.8 Å². The molecule has 1 aliphatic heterocycles. The molecule has 3 rings (SSSR count). The summed E-state index contributed by atoms with van der Waals surface area (Å²) in [7, 11) is 0. The molecule has 1 aromatic heterocycles. The number of hydrogen-bond acceptors (Lipinski definition) is 4. The smallest absolute Gasteiger partial charge is 0.257 e. The number of rotatable bonds is 7. The van der Waals surface area contributed by atoms with E-state index in [0.717, 1.165) is 56.7 Å². The third kappa shape index (κ3) is 5.35. The van der Waals surface area contributed by atoms with Crippen molar-refractivity contribution in [2.24, 2.45) is 5.92 Å². The predicted octanol–water partition coefficient (Wildman–Crippen LogP) is 3.34. The molecule has 1 unspecified atom stereocenters. The van der Waals surface area contributed by atoms with E-state index in [1.54, 1.807) is 18.3 Å². The Balaban J connectivity index is 1.55. The monoisotopic (exact) mass is 384 g/mol. The number of amides is 1. The Morgan fingerprint density at radius 1 is 1.39 bits per heavy atom. The highest BCUT2D eigenvalue weighted by Crippen LogP contribution is 2.19. The van der Waals surface area contributed by atoms with Crippen molar-refractivity contribution >= 4 is 5.91 Å². The van der Waals surface area contributed by atoms with E-state index in [9.17, 15) is 9.18 Å². The van der Waals surface area contributed by atoms with Gasteiger partial charge in [0.2, 0.25) is 0 Å². The molecule has 2 heterocycles. The average Bonchev–Trinajstić information content (AvgIpc) is 2.71. The molecule has 2 aromatic rings. The summed E-state index contributed by atoms with van der Waals surface area (Å²) < 4.78 is 13.4. The zero-order valence-electron chi connectivity index (χ0n) is 16.8. The van der Waals surface area contributed by atoms with Gasteiger partial charge < -0.3 is 9.80 Å². The highest BCUT2D eigenvalue weighted by atomic mass is 19.1. The lowest BCUT2D eigenvalue weighted by Crippen LogP contribution is -2.43. The van der Waals surface area contributed by atoms with Gasteiger partial charge in [-0.1, -0.05) is 12.1 Å². The van der Waals surface area contributed by atoms with Gasteiger partial charge in [0.1, 0.15) is 12.1 Å². The van der Waals surface area contributed by atoms with Crippen LogP contribution in [0.25, 0.3) is 0 Å². The van der Waals surface area contributed by atoms with Crippen LogP contribution in [0, 0.1) is 18.7 Å². The number of hydrogen-bond donors (Lipinski definition) is 0. The van der Waals surface area contributed by atoms with Gasteiger partial charge in [-0.25, -0.2) is 14.4 Å². The average molecular weight is 384 g/mol. The minimum atomic E-state index is -0.175. The summed E-state index contributed by atoms with van der Waals surface area (Å²) in [6, 6.07) is 6.84. The third-order valence-electron chi connectivity index (χ3n) is 5.50. The number of nitrogens with zero attached hydrogens (tertiary/aromatic N) is 4. The molecule has 1 aromatic carbocycles. The third-order valence-corrected chi connectivity index (χ3v) is 5.50. The first-order chi connectivity index (χ1) is 13.6. The van der Waals surface area contributed by atoms with Gasteiger partial charge in [-0.05, 0) is 63.3 Å². The molecule has 28 heavy (non-hydrogen) atoms. The molecule has 1 saturated heterocycles. The first-order valence-electron chi connectivity index (χ1n) is 10.1. The molecule has 0 radical (unpaired) electrons. The highest BCUT2D eigenvalue weighted by Gasteiger charge is 2.25. The molecule has 1 atom stereocenters. The van der Waals surface area contributed by atoms with E-state index in [4.69, 9.17) is 0 Å². The maximum Gasteiger partial charge on any atom is 0.257 e. The molecule has 150 valence electrons. The van der Waals surface area contributed by atoms with E-state index in [1.165, 1.54) is 12.4 Å². The first kappa shape index (κ1) is 20.4. The van der Waals surface area contributed by atoms with Gasteiger partial charge in [0.25, 0.3) is 5.91 Å². The van der Waals surface area contributed by atoms with Crippen molar-refractivity contribution in [2.45, 2.75) is 33.1 Å². The molecule has 1 aliphatic rings. The van der Waals surface area contributed by atoms with E-state index in [0.29, 0.717) is 18.0 Å². The Kier molecular flexibility index (Phi) is 7.09.